The van der Waals surface area contributed by atoms with E-state index in [1.54, 1.807) is 25.2 Å². The summed E-state index contributed by atoms with van der Waals surface area (Å²) in [5, 5.41) is 0. The summed E-state index contributed by atoms with van der Waals surface area (Å²) in [5.41, 5.74) is -0.273. The average molecular weight is 266 g/mol. The summed E-state index contributed by atoms with van der Waals surface area (Å²) in [4.78, 5) is 5.74. The average Bonchev–Trinajstić information content (AvgIpc) is 2.47. The van der Waals surface area contributed by atoms with Crippen LogP contribution in [0, 0.1) is 5.82 Å². The molecule has 104 valence electrons. The van der Waals surface area contributed by atoms with Gasteiger partial charge in [0.1, 0.15) is 0 Å². The highest BCUT2D eigenvalue weighted by atomic mass is 19.1. The van der Waals surface area contributed by atoms with Gasteiger partial charge in [0, 0.05) is 25.8 Å². The molecule has 2 heterocycles. The Morgan fingerprint density at radius 2 is 1.68 bits per heavy atom. The van der Waals surface area contributed by atoms with Crippen molar-refractivity contribution >= 4 is 18.4 Å². The van der Waals surface area contributed by atoms with Crippen LogP contribution in [0.15, 0.2) is 12.3 Å². The highest BCUT2D eigenvalue weighted by Gasteiger charge is 2.51. The predicted octanol–water partition coefficient (Wildman–Crippen LogP) is 1.59. The molecule has 4 nitrogen and oxygen atoms in total. The van der Waals surface area contributed by atoms with Gasteiger partial charge in [-0.1, -0.05) is 0 Å². The molecular weight excluding hydrogens is 246 g/mol. The molecular formula is C13H20BFN2O2. The number of hydrogen-bond acceptors (Lipinski definition) is 4. The van der Waals surface area contributed by atoms with Crippen LogP contribution >= 0.6 is 0 Å². The molecule has 2 rings (SSSR count). The second kappa shape index (κ2) is 4.46. The summed E-state index contributed by atoms with van der Waals surface area (Å²) in [6.07, 6.45) is 1.60. The van der Waals surface area contributed by atoms with Crippen LogP contribution in [0.3, 0.4) is 0 Å². The van der Waals surface area contributed by atoms with Gasteiger partial charge in [0.2, 0.25) is 0 Å². The highest BCUT2D eigenvalue weighted by molar-refractivity contribution is 6.62. The van der Waals surface area contributed by atoms with Crippen LogP contribution < -0.4 is 10.4 Å². The minimum Gasteiger partial charge on any atom is -0.399 e. The van der Waals surface area contributed by atoms with E-state index in [1.165, 1.54) is 6.07 Å². The van der Waals surface area contributed by atoms with E-state index in [2.05, 4.69) is 4.98 Å². The van der Waals surface area contributed by atoms with Crippen molar-refractivity contribution in [2.24, 2.45) is 0 Å². The lowest BCUT2D eigenvalue weighted by Crippen LogP contribution is -2.41. The van der Waals surface area contributed by atoms with Crippen LogP contribution in [0.1, 0.15) is 27.7 Å². The fourth-order valence-electron chi connectivity index (χ4n) is 1.88. The van der Waals surface area contributed by atoms with E-state index in [1.807, 2.05) is 27.7 Å². The molecule has 1 aliphatic heterocycles. The molecule has 0 saturated carbocycles. The molecule has 19 heavy (non-hydrogen) atoms. The smallest absolute Gasteiger partial charge is 0.399 e. The maximum atomic E-state index is 13.9. The van der Waals surface area contributed by atoms with Crippen molar-refractivity contribution in [1.82, 2.24) is 4.98 Å². The number of aromatic nitrogens is 1. The normalized spacial score (nSPS) is 20.7. The maximum Gasteiger partial charge on any atom is 0.496 e. The Bertz CT molecular complexity index is 476. The Labute approximate surface area is 114 Å². The van der Waals surface area contributed by atoms with Crippen LogP contribution in [-0.2, 0) is 9.31 Å². The zero-order valence-electron chi connectivity index (χ0n) is 12.3. The molecule has 0 N–H and O–H groups in total. The van der Waals surface area contributed by atoms with Crippen molar-refractivity contribution in [3.05, 3.63) is 18.1 Å². The van der Waals surface area contributed by atoms with Gasteiger partial charge in [-0.25, -0.2) is 9.37 Å². The van der Waals surface area contributed by atoms with Crippen molar-refractivity contribution in [3.63, 3.8) is 0 Å². The molecule has 1 fully saturated rings. The van der Waals surface area contributed by atoms with E-state index in [4.69, 9.17) is 9.31 Å². The predicted molar refractivity (Wildman–Crippen MR) is 74.2 cm³/mol. The molecule has 1 saturated heterocycles. The molecule has 0 unspecified atom stereocenters. The summed E-state index contributed by atoms with van der Waals surface area (Å²) >= 11 is 0. The summed E-state index contributed by atoms with van der Waals surface area (Å²) in [7, 11) is 2.92. The third-order valence-corrected chi connectivity index (χ3v) is 3.79. The molecule has 0 aliphatic carbocycles. The van der Waals surface area contributed by atoms with Crippen molar-refractivity contribution in [2.75, 3.05) is 19.0 Å². The fraction of sp³-hybridized carbons (Fsp3) is 0.615. The van der Waals surface area contributed by atoms with Gasteiger partial charge >= 0.3 is 7.12 Å². The van der Waals surface area contributed by atoms with Gasteiger partial charge in [0.15, 0.2) is 11.6 Å². The van der Waals surface area contributed by atoms with Crippen LogP contribution in [0.2, 0.25) is 0 Å². The van der Waals surface area contributed by atoms with Crippen LogP contribution in [0.4, 0.5) is 10.2 Å². The van der Waals surface area contributed by atoms with E-state index in [9.17, 15) is 4.39 Å². The van der Waals surface area contributed by atoms with Crippen LogP contribution in [0.25, 0.3) is 0 Å². The molecule has 0 aromatic carbocycles. The number of pyridine rings is 1. The number of nitrogens with zero attached hydrogens (tertiary/aromatic N) is 2. The summed E-state index contributed by atoms with van der Waals surface area (Å²) in [5.74, 6) is -0.0718. The Balaban J connectivity index is 2.28. The third-order valence-electron chi connectivity index (χ3n) is 3.79. The first kappa shape index (κ1) is 14.3. The summed E-state index contributed by atoms with van der Waals surface area (Å²) in [6.45, 7) is 7.85. The third kappa shape index (κ3) is 2.47. The summed E-state index contributed by atoms with van der Waals surface area (Å²) < 4.78 is 25.7. The second-order valence-electron chi connectivity index (χ2n) is 6.06. The van der Waals surface area contributed by atoms with Gasteiger partial charge in [-0.05, 0) is 33.8 Å². The summed E-state index contributed by atoms with van der Waals surface area (Å²) in [6, 6.07) is 1.42. The molecule has 1 aliphatic rings. The van der Waals surface area contributed by atoms with Gasteiger partial charge in [0.25, 0.3) is 0 Å². The van der Waals surface area contributed by atoms with E-state index in [0.29, 0.717) is 11.3 Å². The number of hydrogen-bond donors (Lipinski definition) is 0. The van der Waals surface area contributed by atoms with E-state index >= 15 is 0 Å². The first-order chi connectivity index (χ1) is 8.64. The molecule has 0 spiro atoms. The van der Waals surface area contributed by atoms with Crippen LogP contribution in [0.5, 0.6) is 0 Å². The minimum atomic E-state index is -0.580. The molecule has 1 aromatic heterocycles. The topological polar surface area (TPSA) is 34.6 Å². The minimum absolute atomic E-state index is 0.306. The van der Waals surface area contributed by atoms with Crippen molar-refractivity contribution in [1.29, 1.82) is 0 Å². The Morgan fingerprint density at radius 3 is 2.11 bits per heavy atom. The van der Waals surface area contributed by atoms with Gasteiger partial charge in [-0.2, -0.15) is 0 Å². The first-order valence-corrected chi connectivity index (χ1v) is 6.32. The molecule has 0 amide bonds. The first-order valence-electron chi connectivity index (χ1n) is 6.32. The largest absolute Gasteiger partial charge is 0.496 e. The van der Waals surface area contributed by atoms with Crippen molar-refractivity contribution in [3.8, 4) is 0 Å². The number of halogens is 1. The lowest BCUT2D eigenvalue weighted by molar-refractivity contribution is 0.00578. The molecule has 0 atom stereocenters. The quantitative estimate of drug-likeness (QED) is 0.761. The van der Waals surface area contributed by atoms with Gasteiger partial charge in [0.05, 0.1) is 11.2 Å². The maximum absolute atomic E-state index is 13.9. The van der Waals surface area contributed by atoms with E-state index in [0.717, 1.165) is 0 Å². The Morgan fingerprint density at radius 1 is 1.16 bits per heavy atom. The van der Waals surface area contributed by atoms with Crippen molar-refractivity contribution < 1.29 is 13.7 Å². The molecule has 6 heteroatoms. The number of anilines is 1. The highest BCUT2D eigenvalue weighted by Crippen LogP contribution is 2.36. The van der Waals surface area contributed by atoms with Gasteiger partial charge in [-0.15, -0.1) is 0 Å². The van der Waals surface area contributed by atoms with Gasteiger partial charge in [-0.3, -0.25) is 0 Å². The SMILES string of the molecule is CN(C)c1ncc(B2OC(C)(C)C(C)(C)O2)cc1F. The standard InChI is InChI=1S/C13H20BFN2O2/c1-12(2)13(3,4)19-14(18-12)9-7-10(15)11(16-8-9)17(5)6/h7-8H,1-6H3. The lowest BCUT2D eigenvalue weighted by Gasteiger charge is -2.32. The lowest BCUT2D eigenvalue weighted by atomic mass is 9.80. The fourth-order valence-corrected chi connectivity index (χ4v) is 1.88. The monoisotopic (exact) mass is 266 g/mol. The van der Waals surface area contributed by atoms with Crippen LogP contribution in [-0.4, -0.2) is 37.4 Å². The van der Waals surface area contributed by atoms with E-state index in [-0.39, 0.29) is 5.82 Å². The zero-order chi connectivity index (χ0) is 14.4. The molecule has 1 aromatic rings. The Hall–Kier alpha value is -1.14. The second-order valence-corrected chi connectivity index (χ2v) is 6.06. The van der Waals surface area contributed by atoms with Gasteiger partial charge < -0.3 is 14.2 Å². The number of rotatable bonds is 2. The van der Waals surface area contributed by atoms with Crippen molar-refractivity contribution in [2.45, 2.75) is 38.9 Å². The van der Waals surface area contributed by atoms with E-state index < -0.39 is 18.3 Å². The molecule has 0 radical (unpaired) electrons. The Kier molecular flexibility index (Phi) is 3.35. The molecule has 0 bridgehead atoms. The zero-order valence-corrected chi connectivity index (χ0v) is 12.3.